The first-order valence-electron chi connectivity index (χ1n) is 6.76. The molecule has 1 aromatic carbocycles. The van der Waals surface area contributed by atoms with Crippen LogP contribution in [-0.2, 0) is 16.0 Å². The number of aliphatic carboxylic acids is 1. The van der Waals surface area contributed by atoms with Gasteiger partial charge in [0, 0.05) is 18.0 Å². The SMILES string of the molecule is O=C(CCCc1ccc(Cl)cc1)NCC1(C(=O)O)CC1. The van der Waals surface area contributed by atoms with E-state index in [1.807, 2.05) is 24.3 Å². The molecule has 0 spiro atoms. The van der Waals surface area contributed by atoms with Gasteiger partial charge in [-0.3, -0.25) is 9.59 Å². The Morgan fingerprint density at radius 2 is 1.90 bits per heavy atom. The van der Waals surface area contributed by atoms with E-state index in [1.165, 1.54) is 0 Å². The van der Waals surface area contributed by atoms with Gasteiger partial charge in [0.05, 0.1) is 5.41 Å². The number of carbonyl (C=O) groups excluding carboxylic acids is 1. The first-order valence-corrected chi connectivity index (χ1v) is 7.14. The molecule has 2 N–H and O–H groups in total. The van der Waals surface area contributed by atoms with Crippen molar-refractivity contribution in [2.24, 2.45) is 5.41 Å². The van der Waals surface area contributed by atoms with Gasteiger partial charge in [-0.05, 0) is 43.4 Å². The summed E-state index contributed by atoms with van der Waals surface area (Å²) in [7, 11) is 0. The van der Waals surface area contributed by atoms with Crippen LogP contribution < -0.4 is 5.32 Å². The highest BCUT2D eigenvalue weighted by Gasteiger charge is 2.50. The fourth-order valence-electron chi connectivity index (χ4n) is 2.08. The van der Waals surface area contributed by atoms with E-state index in [1.54, 1.807) is 0 Å². The Labute approximate surface area is 123 Å². The number of benzene rings is 1. The maximum absolute atomic E-state index is 11.7. The van der Waals surface area contributed by atoms with Crippen molar-refractivity contribution in [3.8, 4) is 0 Å². The lowest BCUT2D eigenvalue weighted by atomic mass is 10.1. The van der Waals surface area contributed by atoms with Gasteiger partial charge >= 0.3 is 5.97 Å². The van der Waals surface area contributed by atoms with Gasteiger partial charge in [-0.2, -0.15) is 0 Å². The number of carboxylic acids is 1. The zero-order chi connectivity index (χ0) is 14.6. The summed E-state index contributed by atoms with van der Waals surface area (Å²) in [6, 6.07) is 7.56. The second-order valence-corrected chi connectivity index (χ2v) is 5.78. The zero-order valence-corrected chi connectivity index (χ0v) is 11.9. The van der Waals surface area contributed by atoms with Crippen LogP contribution in [0.2, 0.25) is 5.02 Å². The monoisotopic (exact) mass is 295 g/mol. The Hall–Kier alpha value is -1.55. The molecule has 0 radical (unpaired) electrons. The average molecular weight is 296 g/mol. The van der Waals surface area contributed by atoms with Crippen molar-refractivity contribution in [2.45, 2.75) is 32.1 Å². The van der Waals surface area contributed by atoms with Crippen molar-refractivity contribution in [3.05, 3.63) is 34.9 Å². The topological polar surface area (TPSA) is 66.4 Å². The van der Waals surface area contributed by atoms with E-state index >= 15 is 0 Å². The molecule has 0 bridgehead atoms. The number of aryl methyl sites for hydroxylation is 1. The fourth-order valence-corrected chi connectivity index (χ4v) is 2.20. The van der Waals surface area contributed by atoms with Crippen LogP contribution in [0.5, 0.6) is 0 Å². The summed E-state index contributed by atoms with van der Waals surface area (Å²) in [5.74, 6) is -0.884. The Balaban J connectivity index is 1.65. The van der Waals surface area contributed by atoms with Gasteiger partial charge in [-0.25, -0.2) is 0 Å². The van der Waals surface area contributed by atoms with E-state index in [-0.39, 0.29) is 12.5 Å². The van der Waals surface area contributed by atoms with Crippen LogP contribution >= 0.6 is 11.6 Å². The summed E-state index contributed by atoms with van der Waals surface area (Å²) < 4.78 is 0. The van der Waals surface area contributed by atoms with Crippen molar-refractivity contribution >= 4 is 23.5 Å². The van der Waals surface area contributed by atoms with Gasteiger partial charge in [0.15, 0.2) is 0 Å². The second-order valence-electron chi connectivity index (χ2n) is 5.34. The normalized spacial score (nSPS) is 15.7. The molecule has 0 aliphatic heterocycles. The van der Waals surface area contributed by atoms with Crippen molar-refractivity contribution in [3.63, 3.8) is 0 Å². The quantitative estimate of drug-likeness (QED) is 0.812. The van der Waals surface area contributed by atoms with E-state index in [2.05, 4.69) is 5.32 Å². The molecule has 2 rings (SSSR count). The number of nitrogens with one attached hydrogen (secondary N) is 1. The Morgan fingerprint density at radius 3 is 2.45 bits per heavy atom. The molecule has 0 heterocycles. The molecule has 0 atom stereocenters. The molecule has 0 aromatic heterocycles. The molecule has 1 fully saturated rings. The standard InChI is InChI=1S/C15H18ClNO3/c16-12-6-4-11(5-7-12)2-1-3-13(18)17-10-15(8-9-15)14(19)20/h4-7H,1-3,8-10H2,(H,17,18)(H,19,20). The lowest BCUT2D eigenvalue weighted by Gasteiger charge is -2.11. The molecule has 1 aliphatic carbocycles. The minimum Gasteiger partial charge on any atom is -0.481 e. The molecule has 1 aromatic rings. The number of hydrogen-bond donors (Lipinski definition) is 2. The largest absolute Gasteiger partial charge is 0.481 e. The Bertz CT molecular complexity index is 494. The summed E-state index contributed by atoms with van der Waals surface area (Å²) >= 11 is 5.80. The van der Waals surface area contributed by atoms with Crippen LogP contribution in [0.1, 0.15) is 31.2 Å². The van der Waals surface area contributed by atoms with Crippen molar-refractivity contribution < 1.29 is 14.7 Å². The van der Waals surface area contributed by atoms with E-state index in [0.29, 0.717) is 24.3 Å². The third-order valence-corrected chi connectivity index (χ3v) is 3.97. The van der Waals surface area contributed by atoms with Crippen molar-refractivity contribution in [1.82, 2.24) is 5.32 Å². The maximum atomic E-state index is 11.7. The van der Waals surface area contributed by atoms with Gasteiger partial charge < -0.3 is 10.4 Å². The summed E-state index contributed by atoms with van der Waals surface area (Å²) in [5, 5.41) is 12.4. The molecule has 1 saturated carbocycles. The number of carboxylic acid groups (broad SMARTS) is 1. The van der Waals surface area contributed by atoms with Gasteiger partial charge in [-0.1, -0.05) is 23.7 Å². The smallest absolute Gasteiger partial charge is 0.311 e. The van der Waals surface area contributed by atoms with E-state index in [9.17, 15) is 9.59 Å². The molecule has 108 valence electrons. The van der Waals surface area contributed by atoms with Gasteiger partial charge in [0.25, 0.3) is 0 Å². The molecule has 0 saturated heterocycles. The average Bonchev–Trinajstić information content (AvgIpc) is 3.20. The zero-order valence-electron chi connectivity index (χ0n) is 11.2. The van der Waals surface area contributed by atoms with E-state index in [0.717, 1.165) is 18.4 Å². The lowest BCUT2D eigenvalue weighted by Crippen LogP contribution is -2.34. The fraction of sp³-hybridized carbons (Fsp3) is 0.467. The molecular formula is C15H18ClNO3. The van der Waals surface area contributed by atoms with Gasteiger partial charge in [0.2, 0.25) is 5.91 Å². The van der Waals surface area contributed by atoms with Gasteiger partial charge in [0.1, 0.15) is 0 Å². The molecule has 1 aliphatic rings. The molecule has 1 amide bonds. The van der Waals surface area contributed by atoms with Crippen LogP contribution in [0, 0.1) is 5.41 Å². The number of halogens is 1. The lowest BCUT2D eigenvalue weighted by molar-refractivity contribution is -0.143. The van der Waals surface area contributed by atoms with E-state index < -0.39 is 11.4 Å². The Kier molecular flexibility index (Phi) is 4.65. The highest BCUT2D eigenvalue weighted by molar-refractivity contribution is 6.30. The highest BCUT2D eigenvalue weighted by atomic mass is 35.5. The number of rotatable bonds is 7. The second kappa shape index (κ2) is 6.27. The van der Waals surface area contributed by atoms with Crippen LogP contribution in [0.4, 0.5) is 0 Å². The van der Waals surface area contributed by atoms with Gasteiger partial charge in [-0.15, -0.1) is 0 Å². The minimum atomic E-state index is -0.807. The minimum absolute atomic E-state index is 0.0773. The number of hydrogen-bond acceptors (Lipinski definition) is 2. The molecule has 20 heavy (non-hydrogen) atoms. The summed E-state index contributed by atoms with van der Waals surface area (Å²) in [6.07, 6.45) is 3.29. The third-order valence-electron chi connectivity index (χ3n) is 3.71. The van der Waals surface area contributed by atoms with Crippen LogP contribution in [0.3, 0.4) is 0 Å². The number of carbonyl (C=O) groups is 2. The molecule has 5 heteroatoms. The maximum Gasteiger partial charge on any atom is 0.311 e. The summed E-state index contributed by atoms with van der Waals surface area (Å²) in [5.41, 5.74) is 0.456. The Morgan fingerprint density at radius 1 is 1.25 bits per heavy atom. The summed E-state index contributed by atoms with van der Waals surface area (Å²) in [6.45, 7) is 0.252. The van der Waals surface area contributed by atoms with Crippen molar-refractivity contribution in [1.29, 1.82) is 0 Å². The number of amides is 1. The summed E-state index contributed by atoms with van der Waals surface area (Å²) in [4.78, 5) is 22.6. The molecular weight excluding hydrogens is 278 g/mol. The highest BCUT2D eigenvalue weighted by Crippen LogP contribution is 2.45. The molecule has 4 nitrogen and oxygen atoms in total. The first kappa shape index (κ1) is 14.9. The van der Waals surface area contributed by atoms with Crippen molar-refractivity contribution in [2.75, 3.05) is 6.54 Å². The predicted octanol–water partition coefficient (Wildman–Crippen LogP) is 2.64. The molecule has 0 unspecified atom stereocenters. The third kappa shape index (κ3) is 3.97. The van der Waals surface area contributed by atoms with Crippen LogP contribution in [0.25, 0.3) is 0 Å². The van der Waals surface area contributed by atoms with E-state index in [4.69, 9.17) is 16.7 Å². The van der Waals surface area contributed by atoms with Crippen LogP contribution in [-0.4, -0.2) is 23.5 Å². The van der Waals surface area contributed by atoms with Crippen LogP contribution in [0.15, 0.2) is 24.3 Å². The predicted molar refractivity (Wildman–Crippen MR) is 76.7 cm³/mol. The first-order chi connectivity index (χ1) is 9.52.